The summed E-state index contributed by atoms with van der Waals surface area (Å²) in [6, 6.07) is 11.1. The van der Waals surface area contributed by atoms with Crippen molar-refractivity contribution < 1.29 is 27.9 Å². The molecule has 0 spiro atoms. The van der Waals surface area contributed by atoms with Gasteiger partial charge in [-0.1, -0.05) is 51.3 Å². The molecule has 1 heterocycles. The van der Waals surface area contributed by atoms with E-state index >= 15 is 0 Å². The third-order valence-electron chi connectivity index (χ3n) is 5.76. The van der Waals surface area contributed by atoms with Crippen molar-refractivity contribution in [2.75, 3.05) is 22.5 Å². The summed E-state index contributed by atoms with van der Waals surface area (Å²) in [7, 11) is 0. The van der Waals surface area contributed by atoms with Crippen molar-refractivity contribution in [3.8, 4) is 0 Å². The number of nitrogens with one attached hydrogen (secondary N) is 3. The lowest BCUT2D eigenvalue weighted by Crippen LogP contribution is -2.36. The molecule has 1 aliphatic carbocycles. The first-order valence-corrected chi connectivity index (χ1v) is 12.5. The zero-order chi connectivity index (χ0) is 27.4. The first-order chi connectivity index (χ1) is 17.4. The summed E-state index contributed by atoms with van der Waals surface area (Å²) in [6.07, 6.45) is 2.18. The third kappa shape index (κ3) is 11.5. The average Bonchev–Trinajstić information content (AvgIpc) is 2.83. The predicted octanol–water partition coefficient (Wildman–Crippen LogP) is 5.88. The number of amides is 1. The lowest BCUT2D eigenvalue weighted by atomic mass is 9.89. The van der Waals surface area contributed by atoms with Gasteiger partial charge in [-0.15, -0.1) is 0 Å². The number of para-hydroxylation sites is 1. The van der Waals surface area contributed by atoms with Gasteiger partial charge in [0.2, 0.25) is 11.9 Å². The molecule has 37 heavy (non-hydrogen) atoms. The molecule has 11 heteroatoms. The fourth-order valence-electron chi connectivity index (χ4n) is 3.98. The standard InChI is InChI=1S/C24H35N5O.C2HF3O2/c1-17(2)14-21(23(30)27-20-12-8-5-9-13-20)28-22-15-18(3)26-24(29-22)25-16-19-10-6-4-7-11-19;3-2(4,5)1(6)7/h5,8-9,12-13,15,17,19,21H,4,6-7,10-11,14,16H2,1-3H3,(H,27,30)(H2,25,26,28,29);(H,6,7)/t21-;/m0./s1. The largest absolute Gasteiger partial charge is 0.490 e. The number of carbonyl (C=O) groups is 2. The quantitative estimate of drug-likeness (QED) is 0.325. The smallest absolute Gasteiger partial charge is 0.475 e. The van der Waals surface area contributed by atoms with Gasteiger partial charge in [0, 0.05) is 24.0 Å². The highest BCUT2D eigenvalue weighted by Crippen LogP contribution is 2.24. The molecular formula is C26H36F3N5O3. The number of alkyl halides is 3. The Balaban J connectivity index is 0.000000604. The Bertz CT molecular complexity index is 997. The fourth-order valence-corrected chi connectivity index (χ4v) is 3.98. The Kier molecular flexibility index (Phi) is 11.6. The van der Waals surface area contributed by atoms with Crippen LogP contribution in [-0.2, 0) is 9.59 Å². The number of halogens is 3. The molecule has 1 aliphatic rings. The van der Waals surface area contributed by atoms with Crippen LogP contribution in [0.15, 0.2) is 36.4 Å². The maximum absolute atomic E-state index is 12.9. The van der Waals surface area contributed by atoms with E-state index in [2.05, 4.69) is 39.8 Å². The minimum Gasteiger partial charge on any atom is -0.475 e. The van der Waals surface area contributed by atoms with Crippen molar-refractivity contribution >= 4 is 29.3 Å². The third-order valence-corrected chi connectivity index (χ3v) is 5.76. The summed E-state index contributed by atoms with van der Waals surface area (Å²) < 4.78 is 31.7. The van der Waals surface area contributed by atoms with Crippen molar-refractivity contribution in [2.45, 2.75) is 71.5 Å². The van der Waals surface area contributed by atoms with Gasteiger partial charge in [0.05, 0.1) is 0 Å². The molecular weight excluding hydrogens is 487 g/mol. The molecule has 1 atom stereocenters. The molecule has 2 aromatic rings. The lowest BCUT2D eigenvalue weighted by Gasteiger charge is -2.23. The van der Waals surface area contributed by atoms with Gasteiger partial charge in [-0.2, -0.15) is 18.2 Å². The molecule has 0 radical (unpaired) electrons. The number of rotatable bonds is 9. The molecule has 1 fully saturated rings. The highest BCUT2D eigenvalue weighted by Gasteiger charge is 2.38. The summed E-state index contributed by atoms with van der Waals surface area (Å²) in [5.41, 5.74) is 1.68. The molecule has 1 aromatic heterocycles. The number of aliphatic carboxylic acids is 1. The fraction of sp³-hybridized carbons (Fsp3) is 0.538. The Morgan fingerprint density at radius 3 is 2.27 bits per heavy atom. The molecule has 3 rings (SSSR count). The second-order valence-corrected chi connectivity index (χ2v) is 9.59. The van der Waals surface area contributed by atoms with E-state index in [0.717, 1.165) is 17.9 Å². The maximum Gasteiger partial charge on any atom is 0.490 e. The van der Waals surface area contributed by atoms with E-state index in [9.17, 15) is 18.0 Å². The van der Waals surface area contributed by atoms with Crippen LogP contribution in [-0.4, -0.2) is 45.7 Å². The van der Waals surface area contributed by atoms with E-state index in [-0.39, 0.29) is 11.9 Å². The summed E-state index contributed by atoms with van der Waals surface area (Å²) in [6.45, 7) is 7.10. The number of aromatic nitrogens is 2. The van der Waals surface area contributed by atoms with Crippen LogP contribution in [0.25, 0.3) is 0 Å². The Labute approximate surface area is 215 Å². The first kappa shape index (κ1) is 29.9. The summed E-state index contributed by atoms with van der Waals surface area (Å²) in [5.74, 6) is -0.423. The molecule has 1 amide bonds. The molecule has 1 aromatic carbocycles. The van der Waals surface area contributed by atoms with E-state index in [1.54, 1.807) is 0 Å². The molecule has 0 unspecified atom stereocenters. The van der Waals surface area contributed by atoms with Crippen LogP contribution in [0.1, 0.15) is 58.1 Å². The van der Waals surface area contributed by atoms with Crippen molar-refractivity contribution in [3.63, 3.8) is 0 Å². The van der Waals surface area contributed by atoms with Crippen LogP contribution in [0.3, 0.4) is 0 Å². The van der Waals surface area contributed by atoms with E-state index in [1.165, 1.54) is 32.1 Å². The van der Waals surface area contributed by atoms with Gasteiger partial charge < -0.3 is 21.1 Å². The van der Waals surface area contributed by atoms with Gasteiger partial charge in [0.1, 0.15) is 11.9 Å². The summed E-state index contributed by atoms with van der Waals surface area (Å²) in [4.78, 5) is 31.0. The van der Waals surface area contributed by atoms with Gasteiger partial charge in [0.25, 0.3) is 0 Å². The van der Waals surface area contributed by atoms with Crippen LogP contribution in [0, 0.1) is 18.8 Å². The second-order valence-electron chi connectivity index (χ2n) is 9.59. The molecule has 8 nitrogen and oxygen atoms in total. The van der Waals surface area contributed by atoms with Gasteiger partial charge in [-0.05, 0) is 50.2 Å². The first-order valence-electron chi connectivity index (χ1n) is 12.5. The van der Waals surface area contributed by atoms with Crippen LogP contribution in [0.5, 0.6) is 0 Å². The van der Waals surface area contributed by atoms with Crippen LogP contribution in [0.2, 0.25) is 0 Å². The van der Waals surface area contributed by atoms with Crippen LogP contribution >= 0.6 is 0 Å². The molecule has 1 saturated carbocycles. The number of hydrogen-bond donors (Lipinski definition) is 4. The zero-order valence-corrected chi connectivity index (χ0v) is 21.4. The Morgan fingerprint density at radius 1 is 1.08 bits per heavy atom. The number of hydrogen-bond acceptors (Lipinski definition) is 6. The number of carboxylic acids is 1. The van der Waals surface area contributed by atoms with E-state index in [4.69, 9.17) is 9.90 Å². The molecule has 0 aliphatic heterocycles. The minimum absolute atomic E-state index is 0.0529. The monoisotopic (exact) mass is 523 g/mol. The molecule has 204 valence electrons. The van der Waals surface area contributed by atoms with E-state index < -0.39 is 12.1 Å². The predicted molar refractivity (Wildman–Crippen MR) is 137 cm³/mol. The van der Waals surface area contributed by atoms with Gasteiger partial charge >= 0.3 is 12.1 Å². The van der Waals surface area contributed by atoms with Crippen molar-refractivity contribution in [1.29, 1.82) is 0 Å². The maximum atomic E-state index is 12.9. The molecule has 0 bridgehead atoms. The number of nitrogens with zero attached hydrogens (tertiary/aromatic N) is 2. The normalized spacial score (nSPS) is 14.8. The number of anilines is 3. The lowest BCUT2D eigenvalue weighted by molar-refractivity contribution is -0.192. The number of benzene rings is 1. The highest BCUT2D eigenvalue weighted by atomic mass is 19.4. The Hall–Kier alpha value is -3.37. The van der Waals surface area contributed by atoms with Gasteiger partial charge in [0.15, 0.2) is 0 Å². The highest BCUT2D eigenvalue weighted by molar-refractivity contribution is 5.96. The summed E-state index contributed by atoms with van der Waals surface area (Å²) >= 11 is 0. The minimum atomic E-state index is -5.08. The Morgan fingerprint density at radius 2 is 1.70 bits per heavy atom. The van der Waals surface area contributed by atoms with E-state index in [0.29, 0.717) is 30.0 Å². The second kappa shape index (κ2) is 14.4. The van der Waals surface area contributed by atoms with Crippen molar-refractivity contribution in [1.82, 2.24) is 9.97 Å². The number of carboxylic acid groups (broad SMARTS) is 1. The molecule has 0 saturated heterocycles. The topological polar surface area (TPSA) is 116 Å². The number of carbonyl (C=O) groups excluding carboxylic acids is 1. The van der Waals surface area contributed by atoms with Crippen LogP contribution in [0.4, 0.5) is 30.6 Å². The van der Waals surface area contributed by atoms with Crippen molar-refractivity contribution in [3.05, 3.63) is 42.1 Å². The average molecular weight is 524 g/mol. The van der Waals surface area contributed by atoms with Gasteiger partial charge in [-0.25, -0.2) is 9.78 Å². The van der Waals surface area contributed by atoms with Crippen molar-refractivity contribution in [2.24, 2.45) is 11.8 Å². The van der Waals surface area contributed by atoms with Gasteiger partial charge in [-0.3, -0.25) is 4.79 Å². The SMILES string of the molecule is Cc1cc(N[C@@H](CC(C)C)C(=O)Nc2ccccc2)nc(NCC2CCCCC2)n1.O=C(O)C(F)(F)F. The number of aryl methyl sites for hydroxylation is 1. The van der Waals surface area contributed by atoms with E-state index in [1.807, 2.05) is 43.3 Å². The molecule has 4 N–H and O–H groups in total. The summed E-state index contributed by atoms with van der Waals surface area (Å²) in [5, 5.41) is 16.9. The zero-order valence-electron chi connectivity index (χ0n) is 21.4. The van der Waals surface area contributed by atoms with Crippen LogP contribution < -0.4 is 16.0 Å².